The summed E-state index contributed by atoms with van der Waals surface area (Å²) in [6, 6.07) is 9.38. The molecule has 0 aliphatic rings. The Morgan fingerprint density at radius 1 is 1.20 bits per heavy atom. The van der Waals surface area contributed by atoms with E-state index in [1.807, 2.05) is 31.2 Å². The predicted molar refractivity (Wildman–Crippen MR) is 74.7 cm³/mol. The van der Waals surface area contributed by atoms with Gasteiger partial charge in [-0.3, -0.25) is 4.98 Å². The van der Waals surface area contributed by atoms with Crippen molar-refractivity contribution in [3.8, 4) is 5.75 Å². The Kier molecular flexibility index (Phi) is 5.32. The molecule has 2 aromatic rings. The number of hydrogen-bond donors (Lipinski definition) is 0. The number of fused-ring (bicyclic) bond motifs is 1. The maximum Gasteiger partial charge on any atom is 0.344 e. The van der Waals surface area contributed by atoms with Crippen LogP contribution in [0, 0.1) is 0 Å². The van der Waals surface area contributed by atoms with E-state index in [1.54, 1.807) is 12.3 Å². The van der Waals surface area contributed by atoms with Crippen LogP contribution in [-0.4, -0.2) is 37.4 Å². The molecule has 0 unspecified atom stereocenters. The van der Waals surface area contributed by atoms with Crippen molar-refractivity contribution in [2.45, 2.75) is 6.92 Å². The van der Waals surface area contributed by atoms with Crippen LogP contribution in [0.3, 0.4) is 0 Å². The topological polar surface area (TPSA) is 57.7 Å². The van der Waals surface area contributed by atoms with Gasteiger partial charge in [0, 0.05) is 18.2 Å². The van der Waals surface area contributed by atoms with Gasteiger partial charge in [-0.1, -0.05) is 18.2 Å². The molecule has 1 aromatic heterocycles. The smallest absolute Gasteiger partial charge is 0.344 e. The molecule has 5 nitrogen and oxygen atoms in total. The molecular formula is C15H17NO4. The molecule has 0 amide bonds. The van der Waals surface area contributed by atoms with E-state index in [-0.39, 0.29) is 13.2 Å². The quantitative estimate of drug-likeness (QED) is 0.572. The van der Waals surface area contributed by atoms with Gasteiger partial charge in [-0.05, 0) is 19.1 Å². The second-order valence-electron chi connectivity index (χ2n) is 4.04. The maximum absolute atomic E-state index is 11.5. The van der Waals surface area contributed by atoms with E-state index in [0.717, 1.165) is 10.9 Å². The normalized spacial score (nSPS) is 10.4. The van der Waals surface area contributed by atoms with E-state index in [2.05, 4.69) is 4.98 Å². The van der Waals surface area contributed by atoms with Gasteiger partial charge in [0.25, 0.3) is 0 Å². The van der Waals surface area contributed by atoms with Crippen LogP contribution in [0.4, 0.5) is 0 Å². The molecule has 20 heavy (non-hydrogen) atoms. The Morgan fingerprint density at radius 3 is 2.90 bits per heavy atom. The highest BCUT2D eigenvalue weighted by Crippen LogP contribution is 2.22. The SMILES string of the molecule is CCOCCOC(=O)COc1cccc2cccnc12. The van der Waals surface area contributed by atoms with Gasteiger partial charge < -0.3 is 14.2 Å². The van der Waals surface area contributed by atoms with Gasteiger partial charge in [0.15, 0.2) is 6.61 Å². The second kappa shape index (κ2) is 7.45. The maximum atomic E-state index is 11.5. The standard InChI is InChI=1S/C15H17NO4/c1-2-18-9-10-19-14(17)11-20-13-7-3-5-12-6-4-8-16-15(12)13/h3-8H,2,9-11H2,1H3. The van der Waals surface area contributed by atoms with Gasteiger partial charge in [-0.2, -0.15) is 0 Å². The zero-order valence-electron chi connectivity index (χ0n) is 11.4. The Morgan fingerprint density at radius 2 is 2.05 bits per heavy atom. The molecule has 0 atom stereocenters. The van der Waals surface area contributed by atoms with Gasteiger partial charge in [-0.15, -0.1) is 0 Å². The van der Waals surface area contributed by atoms with E-state index < -0.39 is 5.97 Å². The van der Waals surface area contributed by atoms with Crippen molar-refractivity contribution in [3.05, 3.63) is 36.5 Å². The van der Waals surface area contributed by atoms with Gasteiger partial charge in [0.2, 0.25) is 0 Å². The van der Waals surface area contributed by atoms with Crippen molar-refractivity contribution in [1.82, 2.24) is 4.98 Å². The molecule has 0 bridgehead atoms. The minimum Gasteiger partial charge on any atom is -0.480 e. The van der Waals surface area contributed by atoms with Crippen molar-refractivity contribution in [1.29, 1.82) is 0 Å². The molecule has 0 N–H and O–H groups in total. The first-order valence-corrected chi connectivity index (χ1v) is 6.51. The number of benzene rings is 1. The molecule has 0 fully saturated rings. The van der Waals surface area contributed by atoms with E-state index >= 15 is 0 Å². The lowest BCUT2D eigenvalue weighted by Gasteiger charge is -2.08. The molecule has 106 valence electrons. The molecule has 0 saturated heterocycles. The van der Waals surface area contributed by atoms with Crippen LogP contribution >= 0.6 is 0 Å². The number of esters is 1. The molecule has 1 heterocycles. The summed E-state index contributed by atoms with van der Waals surface area (Å²) >= 11 is 0. The van der Waals surface area contributed by atoms with Gasteiger partial charge >= 0.3 is 5.97 Å². The lowest BCUT2D eigenvalue weighted by molar-refractivity contribution is -0.147. The largest absolute Gasteiger partial charge is 0.480 e. The van der Waals surface area contributed by atoms with Crippen LogP contribution in [0.1, 0.15) is 6.92 Å². The summed E-state index contributed by atoms with van der Waals surface area (Å²) in [5.74, 6) is 0.155. The third kappa shape index (κ3) is 3.93. The number of rotatable bonds is 7. The molecule has 0 spiro atoms. The van der Waals surface area contributed by atoms with Crippen molar-refractivity contribution in [2.75, 3.05) is 26.4 Å². The summed E-state index contributed by atoms with van der Waals surface area (Å²) in [5, 5.41) is 0.967. The Balaban J connectivity index is 1.88. The first-order valence-electron chi connectivity index (χ1n) is 6.51. The fourth-order valence-corrected chi connectivity index (χ4v) is 1.73. The lowest BCUT2D eigenvalue weighted by Crippen LogP contribution is -2.17. The number of ether oxygens (including phenoxy) is 3. The predicted octanol–water partition coefficient (Wildman–Crippen LogP) is 2.19. The van der Waals surface area contributed by atoms with Crippen molar-refractivity contribution < 1.29 is 19.0 Å². The zero-order chi connectivity index (χ0) is 14.2. The summed E-state index contributed by atoms with van der Waals surface area (Å²) < 4.78 is 15.5. The Bertz CT molecular complexity index is 565. The number of nitrogens with zero attached hydrogens (tertiary/aromatic N) is 1. The second-order valence-corrected chi connectivity index (χ2v) is 4.04. The molecule has 0 saturated carbocycles. The lowest BCUT2D eigenvalue weighted by atomic mass is 10.2. The number of para-hydroxylation sites is 1. The third-order valence-electron chi connectivity index (χ3n) is 2.64. The highest BCUT2D eigenvalue weighted by molar-refractivity contribution is 5.84. The minimum absolute atomic E-state index is 0.137. The van der Waals surface area contributed by atoms with Crippen molar-refractivity contribution in [3.63, 3.8) is 0 Å². The highest BCUT2D eigenvalue weighted by Gasteiger charge is 2.07. The van der Waals surface area contributed by atoms with E-state index in [0.29, 0.717) is 19.0 Å². The van der Waals surface area contributed by atoms with Crippen LogP contribution in [0.25, 0.3) is 10.9 Å². The summed E-state index contributed by atoms with van der Waals surface area (Å²) in [6.07, 6.45) is 1.69. The Labute approximate surface area is 117 Å². The third-order valence-corrected chi connectivity index (χ3v) is 2.64. The summed E-state index contributed by atoms with van der Waals surface area (Å²) in [7, 11) is 0. The summed E-state index contributed by atoms with van der Waals surface area (Å²) in [5.41, 5.74) is 0.733. The van der Waals surface area contributed by atoms with E-state index in [4.69, 9.17) is 14.2 Å². The molecule has 2 rings (SSSR count). The molecule has 0 aliphatic carbocycles. The highest BCUT2D eigenvalue weighted by atomic mass is 16.6. The van der Waals surface area contributed by atoms with Gasteiger partial charge in [0.1, 0.15) is 17.9 Å². The monoisotopic (exact) mass is 275 g/mol. The minimum atomic E-state index is -0.419. The molecule has 0 aliphatic heterocycles. The molecular weight excluding hydrogens is 258 g/mol. The van der Waals surface area contributed by atoms with Crippen LogP contribution in [0.5, 0.6) is 5.75 Å². The number of carbonyl (C=O) groups is 1. The van der Waals surface area contributed by atoms with Crippen molar-refractivity contribution in [2.24, 2.45) is 0 Å². The Hall–Kier alpha value is -2.14. The van der Waals surface area contributed by atoms with Gasteiger partial charge in [0.05, 0.1) is 6.61 Å². The van der Waals surface area contributed by atoms with E-state index in [1.165, 1.54) is 0 Å². The van der Waals surface area contributed by atoms with Crippen LogP contribution in [0.2, 0.25) is 0 Å². The molecule has 0 radical (unpaired) electrons. The van der Waals surface area contributed by atoms with Crippen LogP contribution in [-0.2, 0) is 14.3 Å². The number of hydrogen-bond acceptors (Lipinski definition) is 5. The number of carbonyl (C=O) groups excluding carboxylic acids is 1. The first-order chi connectivity index (χ1) is 9.81. The van der Waals surface area contributed by atoms with Gasteiger partial charge in [-0.25, -0.2) is 4.79 Å². The molecule has 1 aromatic carbocycles. The summed E-state index contributed by atoms with van der Waals surface area (Å²) in [6.45, 7) is 3.00. The van der Waals surface area contributed by atoms with Crippen LogP contribution < -0.4 is 4.74 Å². The molecule has 5 heteroatoms. The first kappa shape index (κ1) is 14.3. The zero-order valence-corrected chi connectivity index (χ0v) is 11.4. The van der Waals surface area contributed by atoms with E-state index in [9.17, 15) is 4.79 Å². The fourth-order valence-electron chi connectivity index (χ4n) is 1.73. The van der Waals surface area contributed by atoms with Crippen LogP contribution in [0.15, 0.2) is 36.5 Å². The number of pyridine rings is 1. The number of aromatic nitrogens is 1. The summed E-state index contributed by atoms with van der Waals surface area (Å²) in [4.78, 5) is 15.7. The average Bonchev–Trinajstić information content (AvgIpc) is 2.49. The fraction of sp³-hybridized carbons (Fsp3) is 0.333. The van der Waals surface area contributed by atoms with Crippen molar-refractivity contribution >= 4 is 16.9 Å². The average molecular weight is 275 g/mol.